The molecule has 0 aliphatic carbocycles. The number of benzene rings is 1. The highest BCUT2D eigenvalue weighted by Crippen LogP contribution is 2.31. The van der Waals surface area contributed by atoms with Crippen molar-refractivity contribution in [3.05, 3.63) is 21.5 Å². The number of anilines is 1. The van der Waals surface area contributed by atoms with E-state index in [1.165, 1.54) is 7.11 Å². The van der Waals surface area contributed by atoms with Gasteiger partial charge in [-0.3, -0.25) is 0 Å². The van der Waals surface area contributed by atoms with Crippen molar-refractivity contribution in [2.45, 2.75) is 19.9 Å². The third-order valence-electron chi connectivity index (χ3n) is 1.70. The quantitative estimate of drug-likeness (QED) is 0.865. The van der Waals surface area contributed by atoms with Crippen LogP contribution in [0.5, 0.6) is 5.75 Å². The summed E-state index contributed by atoms with van der Waals surface area (Å²) in [4.78, 5) is 0. The Bertz CT molecular complexity index is 328. The Hall–Kier alpha value is -0.520. The van der Waals surface area contributed by atoms with E-state index in [1.807, 2.05) is 42.5 Å². The van der Waals surface area contributed by atoms with Gasteiger partial charge in [0.05, 0.1) is 16.4 Å². The van der Waals surface area contributed by atoms with Crippen LogP contribution in [0.4, 0.5) is 10.1 Å². The molecule has 1 N–H and O–H groups in total. The molecule has 0 aliphatic heterocycles. The molecule has 2 nitrogen and oxygen atoms in total. The van der Waals surface area contributed by atoms with Gasteiger partial charge in [0, 0.05) is 6.04 Å². The summed E-state index contributed by atoms with van der Waals surface area (Å²) >= 11 is 1.94. The third-order valence-corrected chi connectivity index (χ3v) is 2.53. The largest absolute Gasteiger partial charge is 0.492 e. The van der Waals surface area contributed by atoms with Gasteiger partial charge in [0.15, 0.2) is 11.6 Å². The number of nitrogens with one attached hydrogen (secondary N) is 1. The van der Waals surface area contributed by atoms with Crippen LogP contribution < -0.4 is 10.1 Å². The van der Waals surface area contributed by atoms with E-state index in [9.17, 15) is 4.39 Å². The fourth-order valence-corrected chi connectivity index (χ4v) is 1.58. The van der Waals surface area contributed by atoms with Crippen molar-refractivity contribution >= 4 is 28.3 Å². The maximum Gasteiger partial charge on any atom is 0.180 e. The van der Waals surface area contributed by atoms with E-state index in [0.29, 0.717) is 9.26 Å². The molecule has 0 amide bonds. The second-order valence-corrected chi connectivity index (χ2v) is 4.40. The lowest BCUT2D eigenvalue weighted by Gasteiger charge is -2.14. The SMILES string of the molecule is COc1c(NC(C)C)ccc(I)c1F. The van der Waals surface area contributed by atoms with Crippen LogP contribution >= 0.6 is 22.6 Å². The predicted molar refractivity (Wildman–Crippen MR) is 64.4 cm³/mol. The first-order valence-corrected chi connectivity index (χ1v) is 5.42. The molecule has 1 rings (SSSR count). The first-order valence-electron chi connectivity index (χ1n) is 4.34. The molecule has 1 aromatic carbocycles. The summed E-state index contributed by atoms with van der Waals surface area (Å²) in [6.07, 6.45) is 0. The van der Waals surface area contributed by atoms with E-state index < -0.39 is 0 Å². The zero-order valence-corrected chi connectivity index (χ0v) is 10.6. The number of methoxy groups -OCH3 is 1. The molecule has 0 aromatic heterocycles. The van der Waals surface area contributed by atoms with Crippen molar-refractivity contribution in [1.82, 2.24) is 0 Å². The molecule has 0 radical (unpaired) electrons. The molecule has 14 heavy (non-hydrogen) atoms. The van der Waals surface area contributed by atoms with Gasteiger partial charge in [0.2, 0.25) is 0 Å². The Morgan fingerprint density at radius 1 is 1.43 bits per heavy atom. The minimum absolute atomic E-state index is 0.253. The van der Waals surface area contributed by atoms with Crippen LogP contribution in [-0.2, 0) is 0 Å². The lowest BCUT2D eigenvalue weighted by atomic mass is 10.2. The number of halogens is 2. The molecule has 0 atom stereocenters. The van der Waals surface area contributed by atoms with Crippen molar-refractivity contribution in [2.24, 2.45) is 0 Å². The summed E-state index contributed by atoms with van der Waals surface area (Å²) in [5.74, 6) is -0.0237. The Kier molecular flexibility index (Phi) is 3.97. The highest BCUT2D eigenvalue weighted by molar-refractivity contribution is 14.1. The topological polar surface area (TPSA) is 21.3 Å². The molecule has 0 bridgehead atoms. The highest BCUT2D eigenvalue weighted by atomic mass is 127. The average Bonchev–Trinajstić information content (AvgIpc) is 2.11. The zero-order chi connectivity index (χ0) is 10.7. The Balaban J connectivity index is 3.10. The van der Waals surface area contributed by atoms with Crippen LogP contribution in [0.2, 0.25) is 0 Å². The fourth-order valence-electron chi connectivity index (χ4n) is 1.16. The molecule has 0 saturated carbocycles. The smallest absolute Gasteiger partial charge is 0.180 e. The van der Waals surface area contributed by atoms with Crippen LogP contribution in [0, 0.1) is 9.39 Å². The van der Waals surface area contributed by atoms with Gasteiger partial charge < -0.3 is 10.1 Å². The second kappa shape index (κ2) is 4.82. The van der Waals surface area contributed by atoms with Gasteiger partial charge in [-0.05, 0) is 48.6 Å². The standard InChI is InChI=1S/C10H13FINO/c1-6(2)13-8-5-4-7(12)9(11)10(8)14-3/h4-6,13H,1-3H3. The molecular formula is C10H13FINO. The summed E-state index contributed by atoms with van der Waals surface area (Å²) in [5.41, 5.74) is 0.695. The van der Waals surface area contributed by atoms with Crippen LogP contribution in [-0.4, -0.2) is 13.2 Å². The van der Waals surface area contributed by atoms with E-state index >= 15 is 0 Å². The third kappa shape index (κ3) is 2.50. The molecule has 0 aliphatic rings. The molecule has 0 fully saturated rings. The molecule has 78 valence electrons. The summed E-state index contributed by atoms with van der Waals surface area (Å²) in [6, 6.07) is 3.80. The van der Waals surface area contributed by atoms with Gasteiger partial charge >= 0.3 is 0 Å². The minimum Gasteiger partial charge on any atom is -0.492 e. The van der Waals surface area contributed by atoms with Gasteiger partial charge in [-0.25, -0.2) is 4.39 Å². The van der Waals surface area contributed by atoms with E-state index in [-0.39, 0.29) is 17.6 Å². The van der Waals surface area contributed by atoms with E-state index in [1.54, 1.807) is 6.07 Å². The number of ether oxygens (including phenoxy) is 1. The number of hydrogen-bond donors (Lipinski definition) is 1. The normalized spacial score (nSPS) is 10.4. The Morgan fingerprint density at radius 3 is 2.57 bits per heavy atom. The summed E-state index contributed by atoms with van der Waals surface area (Å²) < 4.78 is 19.1. The Morgan fingerprint density at radius 2 is 2.07 bits per heavy atom. The van der Waals surface area contributed by atoms with Crippen LogP contribution in [0.3, 0.4) is 0 Å². The molecule has 0 unspecified atom stereocenters. The lowest BCUT2D eigenvalue weighted by Crippen LogP contribution is -2.11. The number of rotatable bonds is 3. The zero-order valence-electron chi connectivity index (χ0n) is 8.40. The molecular weight excluding hydrogens is 296 g/mol. The van der Waals surface area contributed by atoms with Gasteiger partial charge in [-0.1, -0.05) is 0 Å². The van der Waals surface area contributed by atoms with Gasteiger partial charge in [0.1, 0.15) is 0 Å². The van der Waals surface area contributed by atoms with E-state index in [4.69, 9.17) is 4.74 Å². The second-order valence-electron chi connectivity index (χ2n) is 3.24. The first-order chi connectivity index (χ1) is 6.56. The average molecular weight is 309 g/mol. The van der Waals surface area contributed by atoms with Crippen molar-refractivity contribution in [2.75, 3.05) is 12.4 Å². The van der Waals surface area contributed by atoms with Crippen LogP contribution in [0.15, 0.2) is 12.1 Å². The van der Waals surface area contributed by atoms with Crippen LogP contribution in [0.1, 0.15) is 13.8 Å². The maximum atomic E-state index is 13.5. The van der Waals surface area contributed by atoms with Crippen molar-refractivity contribution in [3.8, 4) is 5.75 Å². The van der Waals surface area contributed by atoms with Crippen molar-refractivity contribution in [3.63, 3.8) is 0 Å². The molecule has 0 heterocycles. The molecule has 1 aromatic rings. The highest BCUT2D eigenvalue weighted by Gasteiger charge is 2.12. The van der Waals surface area contributed by atoms with Gasteiger partial charge in [-0.15, -0.1) is 0 Å². The molecule has 0 spiro atoms. The maximum absolute atomic E-state index is 13.5. The van der Waals surface area contributed by atoms with Crippen LogP contribution in [0.25, 0.3) is 0 Å². The first kappa shape index (κ1) is 11.6. The summed E-state index contributed by atoms with van der Waals surface area (Å²) in [7, 11) is 1.47. The summed E-state index contributed by atoms with van der Waals surface area (Å²) in [6.45, 7) is 3.99. The van der Waals surface area contributed by atoms with Gasteiger partial charge in [0.25, 0.3) is 0 Å². The predicted octanol–water partition coefficient (Wildman–Crippen LogP) is 3.26. The Labute approximate surface area is 97.0 Å². The van der Waals surface area contributed by atoms with Crippen molar-refractivity contribution < 1.29 is 9.13 Å². The number of hydrogen-bond acceptors (Lipinski definition) is 2. The molecule has 0 saturated heterocycles. The minimum atomic E-state index is -0.307. The van der Waals surface area contributed by atoms with Crippen molar-refractivity contribution in [1.29, 1.82) is 0 Å². The van der Waals surface area contributed by atoms with E-state index in [0.717, 1.165) is 0 Å². The van der Waals surface area contributed by atoms with Gasteiger partial charge in [-0.2, -0.15) is 0 Å². The fraction of sp³-hybridized carbons (Fsp3) is 0.400. The summed E-state index contributed by atoms with van der Waals surface area (Å²) in [5, 5.41) is 3.12. The lowest BCUT2D eigenvalue weighted by molar-refractivity contribution is 0.386. The molecule has 4 heteroatoms. The monoisotopic (exact) mass is 309 g/mol. The van der Waals surface area contributed by atoms with E-state index in [2.05, 4.69) is 5.32 Å².